The fraction of sp³-hybridized carbons (Fsp3) is 0.824. The van der Waals surface area contributed by atoms with Gasteiger partial charge in [0.1, 0.15) is 0 Å². The van der Waals surface area contributed by atoms with E-state index in [0.717, 1.165) is 38.4 Å². The van der Waals surface area contributed by atoms with Gasteiger partial charge in [0.2, 0.25) is 0 Å². The Kier molecular flexibility index (Phi) is 7.28. The molecule has 1 aromatic rings. The van der Waals surface area contributed by atoms with Gasteiger partial charge in [-0.15, -0.1) is 0 Å². The molecule has 0 bridgehead atoms. The molecule has 0 saturated heterocycles. The number of nitrogens with zero attached hydrogens (tertiary/aromatic N) is 2. The Hall–Kier alpha value is -0.830. The first-order valence-corrected chi connectivity index (χ1v) is 8.27. The largest absolute Gasteiger partial charge is 0.312 e. The van der Waals surface area contributed by atoms with Crippen molar-refractivity contribution >= 4 is 0 Å². The minimum absolute atomic E-state index is 0.695. The van der Waals surface area contributed by atoms with E-state index in [1.807, 2.05) is 0 Å². The Bertz CT molecular complexity index is 391. The summed E-state index contributed by atoms with van der Waals surface area (Å²) in [6, 6.07) is 0. The molecule has 1 heterocycles. The van der Waals surface area contributed by atoms with Gasteiger partial charge in [0.15, 0.2) is 0 Å². The molecule has 0 saturated carbocycles. The molecule has 0 aliphatic rings. The molecule has 0 aromatic carbocycles. The van der Waals surface area contributed by atoms with Gasteiger partial charge in [-0.1, -0.05) is 41.5 Å². The first-order valence-electron chi connectivity index (χ1n) is 8.27. The molecule has 0 fully saturated rings. The number of aromatic nitrogens is 2. The van der Waals surface area contributed by atoms with Crippen molar-refractivity contribution in [2.75, 3.05) is 6.54 Å². The fourth-order valence-electron chi connectivity index (χ4n) is 2.52. The van der Waals surface area contributed by atoms with Gasteiger partial charge in [-0.25, -0.2) is 0 Å². The van der Waals surface area contributed by atoms with Crippen molar-refractivity contribution < 1.29 is 0 Å². The Balaban J connectivity index is 2.84. The molecular weight excluding hydrogens is 246 g/mol. The summed E-state index contributed by atoms with van der Waals surface area (Å²) >= 11 is 0. The van der Waals surface area contributed by atoms with E-state index in [1.54, 1.807) is 0 Å². The zero-order valence-electron chi connectivity index (χ0n) is 14.3. The third-order valence-electron chi connectivity index (χ3n) is 3.69. The third-order valence-corrected chi connectivity index (χ3v) is 3.69. The van der Waals surface area contributed by atoms with Gasteiger partial charge in [-0.2, -0.15) is 5.10 Å². The summed E-state index contributed by atoms with van der Waals surface area (Å²) < 4.78 is 2.26. The number of nitrogens with one attached hydrogen (secondary N) is 1. The highest BCUT2D eigenvalue weighted by molar-refractivity contribution is 5.26. The summed E-state index contributed by atoms with van der Waals surface area (Å²) in [6.45, 7) is 16.6. The molecule has 0 radical (unpaired) electrons. The summed E-state index contributed by atoms with van der Waals surface area (Å²) in [6.07, 6.45) is 3.31. The molecule has 1 rings (SSSR count). The van der Waals surface area contributed by atoms with Crippen molar-refractivity contribution in [2.45, 2.75) is 73.9 Å². The second-order valence-corrected chi connectivity index (χ2v) is 6.51. The van der Waals surface area contributed by atoms with Gasteiger partial charge in [0.25, 0.3) is 0 Å². The predicted octanol–water partition coefficient (Wildman–Crippen LogP) is 3.80. The molecular formula is C17H33N3. The lowest BCUT2D eigenvalue weighted by Gasteiger charge is -2.11. The smallest absolute Gasteiger partial charge is 0.0669 e. The van der Waals surface area contributed by atoms with Gasteiger partial charge in [0, 0.05) is 24.3 Å². The second-order valence-electron chi connectivity index (χ2n) is 6.51. The molecule has 0 unspecified atom stereocenters. The van der Waals surface area contributed by atoms with Gasteiger partial charge < -0.3 is 5.32 Å². The monoisotopic (exact) mass is 279 g/mol. The van der Waals surface area contributed by atoms with Crippen LogP contribution in [0.3, 0.4) is 0 Å². The third kappa shape index (κ3) is 4.93. The van der Waals surface area contributed by atoms with Crippen molar-refractivity contribution in [1.29, 1.82) is 0 Å². The Morgan fingerprint density at radius 3 is 2.25 bits per heavy atom. The van der Waals surface area contributed by atoms with Crippen LogP contribution >= 0.6 is 0 Å². The van der Waals surface area contributed by atoms with E-state index in [4.69, 9.17) is 5.10 Å². The minimum atomic E-state index is 0.695. The van der Waals surface area contributed by atoms with E-state index in [2.05, 4.69) is 51.5 Å². The van der Waals surface area contributed by atoms with E-state index >= 15 is 0 Å². The zero-order chi connectivity index (χ0) is 15.1. The van der Waals surface area contributed by atoms with Crippen LogP contribution in [0.2, 0.25) is 0 Å². The average Bonchev–Trinajstić information content (AvgIpc) is 2.73. The van der Waals surface area contributed by atoms with Gasteiger partial charge in [-0.3, -0.25) is 4.68 Å². The molecule has 0 amide bonds. The minimum Gasteiger partial charge on any atom is -0.312 e. The van der Waals surface area contributed by atoms with Crippen LogP contribution in [0.15, 0.2) is 0 Å². The lowest BCUT2D eigenvalue weighted by molar-refractivity contribution is 0.473. The van der Waals surface area contributed by atoms with Crippen molar-refractivity contribution in [1.82, 2.24) is 15.1 Å². The molecule has 0 atom stereocenters. The summed E-state index contributed by atoms with van der Waals surface area (Å²) in [7, 11) is 0. The Labute approximate surface area is 125 Å². The highest BCUT2D eigenvalue weighted by atomic mass is 15.3. The lowest BCUT2D eigenvalue weighted by atomic mass is 10.1. The first-order chi connectivity index (χ1) is 9.49. The SMILES string of the molecule is CCc1nn(CCC(C)C)c(CC)c1CNCC(C)C. The molecule has 20 heavy (non-hydrogen) atoms. The molecule has 0 aliphatic heterocycles. The molecule has 3 nitrogen and oxygen atoms in total. The van der Waals surface area contributed by atoms with Crippen molar-refractivity contribution in [2.24, 2.45) is 11.8 Å². The van der Waals surface area contributed by atoms with Crippen LogP contribution in [0.4, 0.5) is 0 Å². The van der Waals surface area contributed by atoms with Gasteiger partial charge in [-0.05, 0) is 37.6 Å². The molecule has 1 N–H and O–H groups in total. The van der Waals surface area contributed by atoms with Crippen LogP contribution in [0.25, 0.3) is 0 Å². The Morgan fingerprint density at radius 1 is 1.05 bits per heavy atom. The van der Waals surface area contributed by atoms with Gasteiger partial charge in [0.05, 0.1) is 5.69 Å². The maximum Gasteiger partial charge on any atom is 0.0669 e. The average molecular weight is 279 g/mol. The van der Waals surface area contributed by atoms with Crippen LogP contribution in [0, 0.1) is 11.8 Å². The number of hydrogen-bond acceptors (Lipinski definition) is 2. The number of aryl methyl sites for hydroxylation is 2. The van der Waals surface area contributed by atoms with Crippen LogP contribution < -0.4 is 5.32 Å². The van der Waals surface area contributed by atoms with Crippen molar-refractivity contribution in [3.05, 3.63) is 17.0 Å². The quantitative estimate of drug-likeness (QED) is 0.745. The molecule has 0 spiro atoms. The Morgan fingerprint density at radius 2 is 1.75 bits per heavy atom. The molecule has 116 valence electrons. The highest BCUT2D eigenvalue weighted by Crippen LogP contribution is 2.17. The number of hydrogen-bond donors (Lipinski definition) is 1. The normalized spacial score (nSPS) is 11.8. The summed E-state index contributed by atoms with van der Waals surface area (Å²) in [5, 5.41) is 8.42. The van der Waals surface area contributed by atoms with E-state index in [1.165, 1.54) is 23.4 Å². The standard InChI is InChI=1S/C17H33N3/c1-7-16-15(12-18-11-14(5)6)17(8-2)20(19-16)10-9-13(3)4/h13-14,18H,7-12H2,1-6H3. The van der Waals surface area contributed by atoms with Gasteiger partial charge >= 0.3 is 0 Å². The maximum atomic E-state index is 4.85. The van der Waals surface area contributed by atoms with Crippen molar-refractivity contribution in [3.8, 4) is 0 Å². The predicted molar refractivity (Wildman–Crippen MR) is 87.0 cm³/mol. The highest BCUT2D eigenvalue weighted by Gasteiger charge is 2.15. The van der Waals surface area contributed by atoms with Crippen LogP contribution in [0.5, 0.6) is 0 Å². The molecule has 0 aliphatic carbocycles. The van der Waals surface area contributed by atoms with Crippen molar-refractivity contribution in [3.63, 3.8) is 0 Å². The summed E-state index contributed by atoms with van der Waals surface area (Å²) in [5.74, 6) is 1.43. The number of rotatable bonds is 9. The second kappa shape index (κ2) is 8.46. The topological polar surface area (TPSA) is 29.9 Å². The molecule has 3 heteroatoms. The van der Waals surface area contributed by atoms with E-state index in [0.29, 0.717) is 5.92 Å². The summed E-state index contributed by atoms with van der Waals surface area (Å²) in [5.41, 5.74) is 4.15. The van der Waals surface area contributed by atoms with E-state index < -0.39 is 0 Å². The first kappa shape index (κ1) is 17.2. The van der Waals surface area contributed by atoms with E-state index in [9.17, 15) is 0 Å². The fourth-order valence-corrected chi connectivity index (χ4v) is 2.52. The van der Waals surface area contributed by atoms with Crippen LogP contribution in [0.1, 0.15) is 64.9 Å². The maximum absolute atomic E-state index is 4.85. The lowest BCUT2D eigenvalue weighted by Crippen LogP contribution is -2.20. The van der Waals surface area contributed by atoms with Crippen LogP contribution in [-0.4, -0.2) is 16.3 Å². The van der Waals surface area contributed by atoms with E-state index in [-0.39, 0.29) is 0 Å². The molecule has 1 aromatic heterocycles. The van der Waals surface area contributed by atoms with Crippen LogP contribution in [-0.2, 0) is 25.9 Å². The zero-order valence-corrected chi connectivity index (χ0v) is 14.3. The summed E-state index contributed by atoms with van der Waals surface area (Å²) in [4.78, 5) is 0.